The summed E-state index contributed by atoms with van der Waals surface area (Å²) in [6.07, 6.45) is -4.39. The van der Waals surface area contributed by atoms with Crippen molar-refractivity contribution >= 4 is 34.2 Å². The second kappa shape index (κ2) is 3.42. The molecule has 72 valence electrons. The third-order valence-electron chi connectivity index (χ3n) is 1.42. The van der Waals surface area contributed by atoms with Gasteiger partial charge in [0, 0.05) is 15.1 Å². The molecule has 1 aromatic rings. The monoisotopic (exact) mass is 271 g/mol. The van der Waals surface area contributed by atoms with E-state index >= 15 is 0 Å². The van der Waals surface area contributed by atoms with E-state index in [1.807, 2.05) is 0 Å². The van der Waals surface area contributed by atoms with Gasteiger partial charge >= 0.3 is 6.18 Å². The summed E-state index contributed by atoms with van der Waals surface area (Å²) < 4.78 is 36.7. The normalized spacial score (nSPS) is 11.8. The zero-order valence-electron chi connectivity index (χ0n) is 6.19. The Kier molecular flexibility index (Phi) is 2.82. The number of nitrogens with two attached hydrogens (primary N) is 1. The van der Waals surface area contributed by atoms with Gasteiger partial charge in [0.1, 0.15) is 0 Å². The summed E-state index contributed by atoms with van der Waals surface area (Å²) in [6.45, 7) is 0. The van der Waals surface area contributed by atoms with Gasteiger partial charge in [-0.15, -0.1) is 12.6 Å². The van der Waals surface area contributed by atoms with Crippen molar-refractivity contribution in [2.45, 2.75) is 11.1 Å². The molecule has 0 aliphatic rings. The van der Waals surface area contributed by atoms with E-state index in [2.05, 4.69) is 28.6 Å². The van der Waals surface area contributed by atoms with Crippen LogP contribution in [0.2, 0.25) is 0 Å². The largest absolute Gasteiger partial charge is 0.417 e. The fourth-order valence-corrected chi connectivity index (χ4v) is 1.74. The van der Waals surface area contributed by atoms with Crippen LogP contribution in [-0.4, -0.2) is 0 Å². The third kappa shape index (κ3) is 2.31. The Morgan fingerprint density at radius 2 is 1.85 bits per heavy atom. The Morgan fingerprint density at radius 1 is 1.31 bits per heavy atom. The van der Waals surface area contributed by atoms with E-state index in [9.17, 15) is 13.2 Å². The van der Waals surface area contributed by atoms with E-state index in [4.69, 9.17) is 5.73 Å². The first-order valence-corrected chi connectivity index (χ1v) is 4.41. The smallest absolute Gasteiger partial charge is 0.398 e. The lowest BCUT2D eigenvalue weighted by Gasteiger charge is -2.10. The van der Waals surface area contributed by atoms with Crippen LogP contribution in [0.4, 0.5) is 18.9 Å². The molecular formula is C7H5BrF3NS. The van der Waals surface area contributed by atoms with Gasteiger partial charge in [-0.05, 0) is 12.1 Å². The van der Waals surface area contributed by atoms with Gasteiger partial charge in [-0.25, -0.2) is 0 Å². The van der Waals surface area contributed by atoms with Crippen LogP contribution in [0.1, 0.15) is 5.56 Å². The van der Waals surface area contributed by atoms with E-state index in [0.29, 0.717) is 4.90 Å². The minimum Gasteiger partial charge on any atom is -0.398 e. The lowest BCUT2D eigenvalue weighted by atomic mass is 10.2. The van der Waals surface area contributed by atoms with Crippen LogP contribution < -0.4 is 5.73 Å². The minimum atomic E-state index is -4.39. The van der Waals surface area contributed by atoms with E-state index in [1.165, 1.54) is 6.07 Å². The highest BCUT2D eigenvalue weighted by molar-refractivity contribution is 9.10. The highest BCUT2D eigenvalue weighted by Gasteiger charge is 2.33. The predicted octanol–water partition coefficient (Wildman–Crippen LogP) is 3.34. The van der Waals surface area contributed by atoms with Crippen molar-refractivity contribution in [2.24, 2.45) is 0 Å². The number of rotatable bonds is 0. The summed E-state index contributed by atoms with van der Waals surface area (Å²) in [5.41, 5.74) is 4.51. The number of hydrogen-bond donors (Lipinski definition) is 2. The summed E-state index contributed by atoms with van der Waals surface area (Å²) in [6, 6.07) is 2.08. The first kappa shape index (κ1) is 10.7. The number of benzene rings is 1. The third-order valence-corrected chi connectivity index (χ3v) is 2.47. The SMILES string of the molecule is Nc1cc(C(F)(F)F)c(Br)cc1S. The zero-order chi connectivity index (χ0) is 10.2. The van der Waals surface area contributed by atoms with Crippen molar-refractivity contribution in [2.75, 3.05) is 5.73 Å². The van der Waals surface area contributed by atoms with Crippen molar-refractivity contribution < 1.29 is 13.2 Å². The van der Waals surface area contributed by atoms with E-state index < -0.39 is 11.7 Å². The summed E-state index contributed by atoms with van der Waals surface area (Å²) in [5, 5.41) is 0. The number of halogens is 4. The van der Waals surface area contributed by atoms with Crippen LogP contribution in [0.5, 0.6) is 0 Å². The molecule has 6 heteroatoms. The molecule has 0 saturated heterocycles. The molecule has 0 aliphatic carbocycles. The van der Waals surface area contributed by atoms with Crippen LogP contribution in [0, 0.1) is 0 Å². The molecule has 0 radical (unpaired) electrons. The highest BCUT2D eigenvalue weighted by Crippen LogP contribution is 2.37. The molecule has 0 spiro atoms. The molecule has 0 amide bonds. The molecule has 2 N–H and O–H groups in total. The van der Waals surface area contributed by atoms with E-state index in [1.54, 1.807) is 0 Å². The molecule has 0 heterocycles. The Bertz CT molecular complexity index is 337. The summed E-state index contributed by atoms with van der Waals surface area (Å²) in [7, 11) is 0. The Labute approximate surface area is 86.7 Å². The van der Waals surface area contributed by atoms with Crippen LogP contribution >= 0.6 is 28.6 Å². The minimum absolute atomic E-state index is 0.0128. The van der Waals surface area contributed by atoms with Gasteiger partial charge in [0.15, 0.2) is 0 Å². The molecule has 1 nitrogen and oxygen atoms in total. The fourth-order valence-electron chi connectivity index (χ4n) is 0.797. The molecule has 0 atom stereocenters. The molecule has 0 saturated carbocycles. The van der Waals surface area contributed by atoms with Crippen LogP contribution in [0.15, 0.2) is 21.5 Å². The number of anilines is 1. The van der Waals surface area contributed by atoms with Crippen LogP contribution in [0.3, 0.4) is 0 Å². The van der Waals surface area contributed by atoms with Gasteiger partial charge in [-0.3, -0.25) is 0 Å². The molecule has 1 rings (SSSR count). The average molecular weight is 272 g/mol. The topological polar surface area (TPSA) is 26.0 Å². The molecule has 0 aromatic heterocycles. The number of hydrogen-bond acceptors (Lipinski definition) is 2. The second-order valence-corrected chi connectivity index (χ2v) is 3.72. The molecule has 0 unspecified atom stereocenters. The summed E-state index contributed by atoms with van der Waals surface area (Å²) >= 11 is 6.68. The maximum absolute atomic E-state index is 12.2. The lowest BCUT2D eigenvalue weighted by molar-refractivity contribution is -0.138. The van der Waals surface area contributed by atoms with Crippen molar-refractivity contribution in [3.63, 3.8) is 0 Å². The predicted molar refractivity (Wildman–Crippen MR) is 50.8 cm³/mol. The van der Waals surface area contributed by atoms with Gasteiger partial charge in [0.25, 0.3) is 0 Å². The van der Waals surface area contributed by atoms with Gasteiger partial charge in [-0.2, -0.15) is 13.2 Å². The average Bonchev–Trinajstić information content (AvgIpc) is 1.94. The molecule has 0 aliphatic heterocycles. The lowest BCUT2D eigenvalue weighted by Crippen LogP contribution is -2.07. The van der Waals surface area contributed by atoms with Crippen LogP contribution in [0.25, 0.3) is 0 Å². The first-order chi connectivity index (χ1) is 5.82. The number of alkyl halides is 3. The quantitative estimate of drug-likeness (QED) is 0.549. The fraction of sp³-hybridized carbons (Fsp3) is 0.143. The van der Waals surface area contributed by atoms with Crippen molar-refractivity contribution in [3.05, 3.63) is 22.2 Å². The van der Waals surface area contributed by atoms with E-state index in [-0.39, 0.29) is 10.2 Å². The second-order valence-electron chi connectivity index (χ2n) is 2.39. The number of nitrogen functional groups attached to an aromatic ring is 1. The maximum atomic E-state index is 12.2. The molecule has 1 aromatic carbocycles. The van der Waals surface area contributed by atoms with Crippen molar-refractivity contribution in [3.8, 4) is 0 Å². The molecule has 0 bridgehead atoms. The van der Waals surface area contributed by atoms with Gasteiger partial charge in [-0.1, -0.05) is 15.9 Å². The Balaban J connectivity index is 3.32. The van der Waals surface area contributed by atoms with E-state index in [0.717, 1.165) is 6.07 Å². The van der Waals surface area contributed by atoms with Crippen molar-refractivity contribution in [1.82, 2.24) is 0 Å². The molecular weight excluding hydrogens is 267 g/mol. The number of thiol groups is 1. The van der Waals surface area contributed by atoms with Crippen LogP contribution in [-0.2, 0) is 6.18 Å². The Hall–Kier alpha value is -0.360. The van der Waals surface area contributed by atoms with Gasteiger partial charge in [0.2, 0.25) is 0 Å². The summed E-state index contributed by atoms with van der Waals surface area (Å²) in [5.74, 6) is 0. The Morgan fingerprint density at radius 3 is 2.31 bits per heavy atom. The maximum Gasteiger partial charge on any atom is 0.417 e. The zero-order valence-corrected chi connectivity index (χ0v) is 8.67. The first-order valence-electron chi connectivity index (χ1n) is 3.17. The van der Waals surface area contributed by atoms with Gasteiger partial charge < -0.3 is 5.73 Å². The van der Waals surface area contributed by atoms with Crippen molar-refractivity contribution in [1.29, 1.82) is 0 Å². The molecule has 13 heavy (non-hydrogen) atoms. The summed E-state index contributed by atoms with van der Waals surface area (Å²) in [4.78, 5) is 0.319. The molecule has 0 fully saturated rings. The highest BCUT2D eigenvalue weighted by atomic mass is 79.9. The standard InChI is InChI=1S/C7H5BrF3NS/c8-4-2-6(13)5(12)1-3(4)7(9,10)11/h1-2,13H,12H2. The van der Waals surface area contributed by atoms with Gasteiger partial charge in [0.05, 0.1) is 5.56 Å².